The second kappa shape index (κ2) is 6.87. The molecule has 1 aliphatic carbocycles. The Labute approximate surface area is 136 Å². The van der Waals surface area contributed by atoms with E-state index in [1.165, 1.54) is 16.0 Å². The first kappa shape index (κ1) is 15.0. The molecule has 1 aliphatic rings. The molecule has 0 saturated carbocycles. The molecule has 0 heterocycles. The van der Waals surface area contributed by atoms with Gasteiger partial charge in [0.05, 0.1) is 0 Å². The molecular formula is C18H20ClNS. The number of rotatable bonds is 5. The van der Waals surface area contributed by atoms with Crippen molar-refractivity contribution in [3.05, 3.63) is 64.7 Å². The lowest BCUT2D eigenvalue weighted by atomic mass is 10.1. The third kappa shape index (κ3) is 3.45. The van der Waals surface area contributed by atoms with Crippen LogP contribution in [0.4, 0.5) is 0 Å². The lowest BCUT2D eigenvalue weighted by molar-refractivity contribution is 0.539. The topological polar surface area (TPSA) is 12.0 Å². The Balaban J connectivity index is 1.81. The fraction of sp³-hybridized carbons (Fsp3) is 0.333. The maximum atomic E-state index is 6.11. The van der Waals surface area contributed by atoms with E-state index in [-0.39, 0.29) is 0 Å². The average Bonchev–Trinajstić information content (AvgIpc) is 2.82. The van der Waals surface area contributed by atoms with Gasteiger partial charge < -0.3 is 5.32 Å². The van der Waals surface area contributed by atoms with Crippen molar-refractivity contribution in [2.75, 3.05) is 6.54 Å². The third-order valence-corrected chi connectivity index (χ3v) is 5.38. The van der Waals surface area contributed by atoms with Gasteiger partial charge in [-0.25, -0.2) is 0 Å². The fourth-order valence-electron chi connectivity index (χ4n) is 2.92. The zero-order valence-corrected chi connectivity index (χ0v) is 13.8. The molecular weight excluding hydrogens is 298 g/mol. The molecule has 0 amide bonds. The summed E-state index contributed by atoms with van der Waals surface area (Å²) in [6.45, 7) is 3.28. The Morgan fingerprint density at radius 2 is 2.05 bits per heavy atom. The molecule has 1 nitrogen and oxygen atoms in total. The lowest BCUT2D eigenvalue weighted by Gasteiger charge is -2.21. The van der Waals surface area contributed by atoms with E-state index in [0.29, 0.717) is 11.3 Å². The average molecular weight is 318 g/mol. The van der Waals surface area contributed by atoms with Gasteiger partial charge in [-0.3, -0.25) is 0 Å². The Kier molecular flexibility index (Phi) is 4.89. The van der Waals surface area contributed by atoms with Crippen LogP contribution in [0.2, 0.25) is 5.02 Å². The number of benzene rings is 2. The van der Waals surface area contributed by atoms with Gasteiger partial charge in [-0.2, -0.15) is 0 Å². The van der Waals surface area contributed by atoms with E-state index in [2.05, 4.69) is 48.6 Å². The SMILES string of the molecule is CCCNC1c2ccccc2CC1Sc1cccc(Cl)c1. The second-order valence-electron chi connectivity index (χ2n) is 5.45. The highest BCUT2D eigenvalue weighted by Crippen LogP contribution is 2.41. The van der Waals surface area contributed by atoms with Crippen LogP contribution < -0.4 is 5.32 Å². The number of halogens is 1. The zero-order chi connectivity index (χ0) is 14.7. The molecule has 1 N–H and O–H groups in total. The molecule has 2 aromatic rings. The van der Waals surface area contributed by atoms with Crippen LogP contribution in [0.1, 0.15) is 30.5 Å². The summed E-state index contributed by atoms with van der Waals surface area (Å²) in [4.78, 5) is 1.25. The molecule has 3 rings (SSSR count). The van der Waals surface area contributed by atoms with Gasteiger partial charge in [0.1, 0.15) is 0 Å². The van der Waals surface area contributed by atoms with Crippen LogP contribution in [0.5, 0.6) is 0 Å². The molecule has 0 spiro atoms. The van der Waals surface area contributed by atoms with Crippen molar-refractivity contribution in [1.82, 2.24) is 5.32 Å². The Bertz CT molecular complexity index is 614. The van der Waals surface area contributed by atoms with Crippen LogP contribution in [0, 0.1) is 0 Å². The summed E-state index contributed by atoms with van der Waals surface area (Å²) < 4.78 is 0. The minimum Gasteiger partial charge on any atom is -0.309 e. The zero-order valence-electron chi connectivity index (χ0n) is 12.2. The van der Waals surface area contributed by atoms with Crippen molar-refractivity contribution in [1.29, 1.82) is 0 Å². The van der Waals surface area contributed by atoms with Gasteiger partial charge in [-0.15, -0.1) is 11.8 Å². The highest BCUT2D eigenvalue weighted by molar-refractivity contribution is 8.00. The van der Waals surface area contributed by atoms with Crippen LogP contribution in [0.15, 0.2) is 53.4 Å². The highest BCUT2D eigenvalue weighted by atomic mass is 35.5. The number of hydrogen-bond donors (Lipinski definition) is 1. The largest absolute Gasteiger partial charge is 0.309 e. The maximum Gasteiger partial charge on any atom is 0.0450 e. The van der Waals surface area contributed by atoms with Crippen LogP contribution in [0.25, 0.3) is 0 Å². The second-order valence-corrected chi connectivity index (χ2v) is 7.20. The summed E-state index contributed by atoms with van der Waals surface area (Å²) in [6.07, 6.45) is 2.28. The van der Waals surface area contributed by atoms with Crippen molar-refractivity contribution >= 4 is 23.4 Å². The van der Waals surface area contributed by atoms with Crippen LogP contribution in [-0.4, -0.2) is 11.8 Å². The summed E-state index contributed by atoms with van der Waals surface area (Å²) in [6, 6.07) is 17.4. The Hall–Kier alpha value is -0.960. The highest BCUT2D eigenvalue weighted by Gasteiger charge is 2.32. The van der Waals surface area contributed by atoms with Crippen molar-refractivity contribution in [3.8, 4) is 0 Å². The molecule has 0 saturated heterocycles. The van der Waals surface area contributed by atoms with Gasteiger partial charge in [0.2, 0.25) is 0 Å². The standard InChI is InChI=1S/C18H20ClNS/c1-2-10-20-18-16-9-4-3-6-13(16)11-17(18)21-15-8-5-7-14(19)12-15/h3-9,12,17-18,20H,2,10-11H2,1H3. The first-order valence-electron chi connectivity index (χ1n) is 7.51. The molecule has 3 heteroatoms. The number of thioether (sulfide) groups is 1. The summed E-state index contributed by atoms with van der Waals surface area (Å²) in [5, 5.41) is 5.07. The first-order valence-corrected chi connectivity index (χ1v) is 8.77. The van der Waals surface area contributed by atoms with E-state index in [1.807, 2.05) is 23.9 Å². The first-order chi connectivity index (χ1) is 10.3. The van der Waals surface area contributed by atoms with Gasteiger partial charge in [0.15, 0.2) is 0 Å². The van der Waals surface area contributed by atoms with E-state index in [1.54, 1.807) is 0 Å². The van der Waals surface area contributed by atoms with Crippen LogP contribution in [-0.2, 0) is 6.42 Å². The normalized spacial score (nSPS) is 20.5. The molecule has 0 aromatic heterocycles. The van der Waals surface area contributed by atoms with Gasteiger partial charge in [-0.05, 0) is 48.7 Å². The molecule has 21 heavy (non-hydrogen) atoms. The van der Waals surface area contributed by atoms with Crippen molar-refractivity contribution in [2.24, 2.45) is 0 Å². The quantitative estimate of drug-likeness (QED) is 0.823. The lowest BCUT2D eigenvalue weighted by Crippen LogP contribution is -2.27. The molecule has 0 fully saturated rings. The summed E-state index contributed by atoms with van der Waals surface area (Å²) >= 11 is 8.04. The van der Waals surface area contributed by atoms with E-state index >= 15 is 0 Å². The number of fused-ring (bicyclic) bond motifs is 1. The summed E-state index contributed by atoms with van der Waals surface area (Å²) in [5.41, 5.74) is 2.94. The Morgan fingerprint density at radius 1 is 1.19 bits per heavy atom. The molecule has 2 aromatic carbocycles. The molecule has 2 atom stereocenters. The van der Waals surface area contributed by atoms with Gasteiger partial charge in [0.25, 0.3) is 0 Å². The number of hydrogen-bond acceptors (Lipinski definition) is 2. The van der Waals surface area contributed by atoms with Gasteiger partial charge >= 0.3 is 0 Å². The molecule has 0 aliphatic heterocycles. The molecule has 2 unspecified atom stereocenters. The minimum absolute atomic E-state index is 0.435. The van der Waals surface area contributed by atoms with Gasteiger partial charge in [-0.1, -0.05) is 48.9 Å². The Morgan fingerprint density at radius 3 is 2.86 bits per heavy atom. The molecule has 0 bridgehead atoms. The predicted octanol–water partition coefficient (Wildman–Crippen LogP) is 5.10. The van der Waals surface area contributed by atoms with Crippen molar-refractivity contribution in [3.63, 3.8) is 0 Å². The third-order valence-electron chi connectivity index (χ3n) is 3.88. The molecule has 110 valence electrons. The van der Waals surface area contributed by atoms with Crippen molar-refractivity contribution < 1.29 is 0 Å². The smallest absolute Gasteiger partial charge is 0.0450 e. The van der Waals surface area contributed by atoms with Crippen molar-refractivity contribution in [2.45, 2.75) is 36.0 Å². The molecule has 0 radical (unpaired) electrons. The monoisotopic (exact) mass is 317 g/mol. The predicted molar refractivity (Wildman–Crippen MR) is 92.3 cm³/mol. The van der Waals surface area contributed by atoms with E-state index < -0.39 is 0 Å². The fourth-order valence-corrected chi connectivity index (χ4v) is 4.52. The van der Waals surface area contributed by atoms with E-state index in [4.69, 9.17) is 11.6 Å². The van der Waals surface area contributed by atoms with Crippen LogP contribution >= 0.6 is 23.4 Å². The summed E-state index contributed by atoms with van der Waals surface area (Å²) in [7, 11) is 0. The number of nitrogens with one attached hydrogen (secondary N) is 1. The van der Waals surface area contributed by atoms with Crippen LogP contribution in [0.3, 0.4) is 0 Å². The van der Waals surface area contributed by atoms with E-state index in [9.17, 15) is 0 Å². The minimum atomic E-state index is 0.435. The van der Waals surface area contributed by atoms with E-state index in [0.717, 1.165) is 24.4 Å². The maximum absolute atomic E-state index is 6.11. The summed E-state index contributed by atoms with van der Waals surface area (Å²) in [5.74, 6) is 0. The van der Waals surface area contributed by atoms with Gasteiger partial charge in [0, 0.05) is 21.2 Å².